The molecule has 0 bridgehead atoms. The van der Waals surface area contributed by atoms with Crippen LogP contribution in [0.25, 0.3) is 0 Å². The Morgan fingerprint density at radius 3 is 2.31 bits per heavy atom. The molecule has 0 aliphatic heterocycles. The summed E-state index contributed by atoms with van der Waals surface area (Å²) in [6.45, 7) is 8.96. The standard InChI is InChI=1S/C31H38N2O3/c1-5-6-18-32-31(35)29(20-26-13-8-7-9-14-26)33(21-27-15-11-10-12-24(27)3)30(34)22-36-28-17-16-23(2)25(4)19-28/h7-17,19,29H,5-6,18,20-22H2,1-4H3,(H,32,35)/t29-/m1/s1. The van der Waals surface area contributed by atoms with E-state index < -0.39 is 6.04 Å². The highest BCUT2D eigenvalue weighted by Gasteiger charge is 2.30. The maximum Gasteiger partial charge on any atom is 0.261 e. The van der Waals surface area contributed by atoms with Crippen LogP contribution in [-0.2, 0) is 22.6 Å². The Balaban J connectivity index is 1.89. The van der Waals surface area contributed by atoms with Crippen LogP contribution in [0, 0.1) is 20.8 Å². The summed E-state index contributed by atoms with van der Waals surface area (Å²) in [4.78, 5) is 28.8. The van der Waals surface area contributed by atoms with Gasteiger partial charge in [-0.25, -0.2) is 0 Å². The lowest BCUT2D eigenvalue weighted by Crippen LogP contribution is -2.52. The third-order valence-corrected chi connectivity index (χ3v) is 6.54. The van der Waals surface area contributed by atoms with Crippen LogP contribution >= 0.6 is 0 Å². The van der Waals surface area contributed by atoms with Gasteiger partial charge in [-0.1, -0.05) is 74.0 Å². The SMILES string of the molecule is CCCCNC(=O)[C@@H](Cc1ccccc1)N(Cc1ccccc1C)C(=O)COc1ccc(C)c(C)c1. The highest BCUT2D eigenvalue weighted by Crippen LogP contribution is 2.19. The zero-order valence-electron chi connectivity index (χ0n) is 21.9. The molecule has 0 fully saturated rings. The minimum absolute atomic E-state index is 0.137. The average molecular weight is 487 g/mol. The van der Waals surface area contributed by atoms with E-state index in [0.717, 1.165) is 35.1 Å². The summed E-state index contributed by atoms with van der Waals surface area (Å²) in [7, 11) is 0. The number of carbonyl (C=O) groups is 2. The molecule has 3 rings (SSSR count). The number of carbonyl (C=O) groups excluding carboxylic acids is 2. The molecule has 5 heteroatoms. The van der Waals surface area contributed by atoms with Crippen molar-refractivity contribution in [3.63, 3.8) is 0 Å². The van der Waals surface area contributed by atoms with Crippen molar-refractivity contribution in [1.82, 2.24) is 10.2 Å². The fraction of sp³-hybridized carbons (Fsp3) is 0.355. The first-order chi connectivity index (χ1) is 17.4. The molecule has 1 N–H and O–H groups in total. The normalized spacial score (nSPS) is 11.6. The molecule has 0 saturated carbocycles. The molecule has 1 atom stereocenters. The van der Waals surface area contributed by atoms with Gasteiger partial charge in [0, 0.05) is 19.5 Å². The second-order valence-corrected chi connectivity index (χ2v) is 9.33. The number of amides is 2. The highest BCUT2D eigenvalue weighted by molar-refractivity contribution is 5.88. The zero-order valence-corrected chi connectivity index (χ0v) is 21.9. The van der Waals surface area contributed by atoms with Crippen LogP contribution in [0.1, 0.15) is 47.6 Å². The lowest BCUT2D eigenvalue weighted by Gasteiger charge is -2.32. The van der Waals surface area contributed by atoms with Gasteiger partial charge in [0.05, 0.1) is 0 Å². The van der Waals surface area contributed by atoms with Crippen molar-refractivity contribution in [2.75, 3.05) is 13.2 Å². The van der Waals surface area contributed by atoms with Gasteiger partial charge in [0.15, 0.2) is 6.61 Å². The number of nitrogens with one attached hydrogen (secondary N) is 1. The van der Waals surface area contributed by atoms with Crippen LogP contribution in [0.5, 0.6) is 5.75 Å². The Kier molecular flexibility index (Phi) is 10.1. The lowest BCUT2D eigenvalue weighted by atomic mass is 10.0. The van der Waals surface area contributed by atoms with E-state index in [-0.39, 0.29) is 18.4 Å². The van der Waals surface area contributed by atoms with Crippen molar-refractivity contribution < 1.29 is 14.3 Å². The number of unbranched alkanes of at least 4 members (excludes halogenated alkanes) is 1. The molecule has 2 amide bonds. The molecule has 0 heterocycles. The van der Waals surface area contributed by atoms with Crippen molar-refractivity contribution in [2.24, 2.45) is 0 Å². The summed E-state index contributed by atoms with van der Waals surface area (Å²) in [6, 6.07) is 23.0. The number of hydrogen-bond donors (Lipinski definition) is 1. The predicted molar refractivity (Wildman–Crippen MR) is 145 cm³/mol. The van der Waals surface area contributed by atoms with E-state index in [0.29, 0.717) is 25.3 Å². The van der Waals surface area contributed by atoms with E-state index in [1.54, 1.807) is 4.90 Å². The van der Waals surface area contributed by atoms with Crippen LogP contribution in [0.2, 0.25) is 0 Å². The Morgan fingerprint density at radius 1 is 0.889 bits per heavy atom. The van der Waals surface area contributed by atoms with Crippen molar-refractivity contribution in [2.45, 2.75) is 59.5 Å². The molecule has 0 aliphatic carbocycles. The van der Waals surface area contributed by atoms with E-state index in [1.807, 2.05) is 93.6 Å². The first kappa shape index (κ1) is 27.0. The third-order valence-electron chi connectivity index (χ3n) is 6.54. The topological polar surface area (TPSA) is 58.6 Å². The largest absolute Gasteiger partial charge is 0.484 e. The average Bonchev–Trinajstić information content (AvgIpc) is 2.88. The summed E-state index contributed by atoms with van der Waals surface area (Å²) in [5.41, 5.74) is 5.37. The zero-order chi connectivity index (χ0) is 25.9. The maximum absolute atomic E-state index is 13.7. The van der Waals surface area contributed by atoms with Gasteiger partial charge in [-0.15, -0.1) is 0 Å². The molecule has 3 aromatic carbocycles. The van der Waals surface area contributed by atoms with E-state index >= 15 is 0 Å². The van der Waals surface area contributed by atoms with Gasteiger partial charge < -0.3 is 15.0 Å². The summed E-state index contributed by atoms with van der Waals surface area (Å²) < 4.78 is 5.91. The van der Waals surface area contributed by atoms with Crippen LogP contribution in [-0.4, -0.2) is 35.9 Å². The van der Waals surface area contributed by atoms with Crippen molar-refractivity contribution in [1.29, 1.82) is 0 Å². The first-order valence-electron chi connectivity index (χ1n) is 12.7. The Hall–Kier alpha value is -3.60. The van der Waals surface area contributed by atoms with E-state index in [2.05, 4.69) is 12.2 Å². The summed E-state index contributed by atoms with van der Waals surface area (Å²) in [6.07, 6.45) is 2.31. The smallest absolute Gasteiger partial charge is 0.261 e. The number of nitrogens with zero attached hydrogens (tertiary/aromatic N) is 1. The van der Waals surface area contributed by atoms with Gasteiger partial charge in [0.2, 0.25) is 5.91 Å². The third kappa shape index (κ3) is 7.70. The summed E-state index contributed by atoms with van der Waals surface area (Å²) in [5, 5.41) is 3.05. The predicted octanol–water partition coefficient (Wildman–Crippen LogP) is 5.55. The number of rotatable bonds is 12. The van der Waals surface area contributed by atoms with Crippen molar-refractivity contribution >= 4 is 11.8 Å². The minimum atomic E-state index is -0.653. The quantitative estimate of drug-likeness (QED) is 0.342. The van der Waals surface area contributed by atoms with Crippen LogP contribution in [0.4, 0.5) is 0 Å². The second-order valence-electron chi connectivity index (χ2n) is 9.33. The van der Waals surface area contributed by atoms with Crippen molar-refractivity contribution in [3.8, 4) is 5.75 Å². The number of aryl methyl sites for hydroxylation is 3. The van der Waals surface area contributed by atoms with Gasteiger partial charge in [0.25, 0.3) is 5.91 Å². The molecule has 0 aliphatic rings. The fourth-order valence-corrected chi connectivity index (χ4v) is 4.06. The van der Waals surface area contributed by atoms with Crippen LogP contribution in [0.15, 0.2) is 72.8 Å². The van der Waals surface area contributed by atoms with Gasteiger partial charge >= 0.3 is 0 Å². The number of hydrogen-bond acceptors (Lipinski definition) is 3. The molecule has 190 valence electrons. The second kappa shape index (κ2) is 13.5. The lowest BCUT2D eigenvalue weighted by molar-refractivity contribution is -0.142. The molecule has 0 aromatic heterocycles. The van der Waals surface area contributed by atoms with E-state index in [4.69, 9.17) is 4.74 Å². The van der Waals surface area contributed by atoms with Gasteiger partial charge in [0.1, 0.15) is 11.8 Å². The van der Waals surface area contributed by atoms with Crippen molar-refractivity contribution in [3.05, 3.63) is 101 Å². The van der Waals surface area contributed by atoms with Gasteiger partial charge in [-0.05, 0) is 67.1 Å². The molecule has 0 spiro atoms. The Bertz CT molecular complexity index is 1140. The van der Waals surface area contributed by atoms with E-state index in [9.17, 15) is 9.59 Å². The monoisotopic (exact) mass is 486 g/mol. The molecule has 3 aromatic rings. The molecule has 36 heavy (non-hydrogen) atoms. The molecular formula is C31H38N2O3. The minimum Gasteiger partial charge on any atom is -0.484 e. The fourth-order valence-electron chi connectivity index (χ4n) is 4.06. The number of benzene rings is 3. The Labute approximate surface area is 215 Å². The van der Waals surface area contributed by atoms with E-state index in [1.165, 1.54) is 5.56 Å². The molecule has 5 nitrogen and oxygen atoms in total. The molecular weight excluding hydrogens is 448 g/mol. The Morgan fingerprint density at radius 2 is 1.61 bits per heavy atom. The van der Waals surface area contributed by atoms with Crippen LogP contribution in [0.3, 0.4) is 0 Å². The number of ether oxygens (including phenoxy) is 1. The molecule has 0 radical (unpaired) electrons. The maximum atomic E-state index is 13.7. The molecule has 0 unspecified atom stereocenters. The highest BCUT2D eigenvalue weighted by atomic mass is 16.5. The van der Waals surface area contributed by atoms with Crippen LogP contribution < -0.4 is 10.1 Å². The first-order valence-corrected chi connectivity index (χ1v) is 12.7. The summed E-state index contributed by atoms with van der Waals surface area (Å²) >= 11 is 0. The van der Waals surface area contributed by atoms with Gasteiger partial charge in [-0.2, -0.15) is 0 Å². The van der Waals surface area contributed by atoms with Gasteiger partial charge in [-0.3, -0.25) is 9.59 Å². The summed E-state index contributed by atoms with van der Waals surface area (Å²) in [5.74, 6) is 0.290. The molecule has 0 saturated heterocycles.